The van der Waals surface area contributed by atoms with Gasteiger partial charge in [0.2, 0.25) is 0 Å². The summed E-state index contributed by atoms with van der Waals surface area (Å²) in [6.07, 6.45) is 1.22. The molecular formula is C8HN17Na4. The molecule has 0 bridgehead atoms. The number of nitrogens with zero attached hydrogens (tertiary/aromatic N) is 17. The molecular weight excluding hydrogens is 426 g/mol. The SMILES string of the molecule is C#N.N#Cc1nnn[n-]1.[C-]#N.[C-]#[N+]C#N.[Na+].[Na+].[Na+].[Na+].n1n[n-]c(-c2nnn[n-]2)n1. The van der Waals surface area contributed by atoms with Crippen molar-refractivity contribution < 1.29 is 118 Å². The minimum Gasteiger partial charge on any atom is -0.512 e. The van der Waals surface area contributed by atoms with E-state index >= 15 is 0 Å². The molecule has 0 aliphatic rings. The van der Waals surface area contributed by atoms with Gasteiger partial charge in [-0.15, -0.1) is 0 Å². The van der Waals surface area contributed by atoms with Crippen molar-refractivity contribution in [3.8, 4) is 30.5 Å². The second-order valence-corrected chi connectivity index (χ2v) is 2.43. The van der Waals surface area contributed by atoms with Crippen molar-refractivity contribution in [1.29, 1.82) is 21.0 Å². The molecule has 29 heavy (non-hydrogen) atoms. The molecule has 0 spiro atoms. The van der Waals surface area contributed by atoms with Crippen LogP contribution < -0.4 is 134 Å². The van der Waals surface area contributed by atoms with Crippen LogP contribution in [-0.2, 0) is 0 Å². The van der Waals surface area contributed by atoms with Crippen LogP contribution in [0.15, 0.2) is 0 Å². The zero-order chi connectivity index (χ0) is 19.3. The van der Waals surface area contributed by atoms with E-state index in [1.165, 1.54) is 6.19 Å². The Morgan fingerprint density at radius 1 is 0.759 bits per heavy atom. The molecule has 3 aromatic rings. The average molecular weight is 427 g/mol. The summed E-state index contributed by atoms with van der Waals surface area (Å²) >= 11 is 0. The molecule has 0 radical (unpaired) electrons. The van der Waals surface area contributed by atoms with Crippen LogP contribution in [0.1, 0.15) is 5.82 Å². The standard InChI is InChI=1S/C2N8.C2N5.C2N2.CHN.CN.4Na/c3-1(4-8-7-3)2-5-9-10-6-2;3-1-2-4-6-7-5-2;1-4-2-3;2*1-2;;;;/h;;;1H;;;;;/q-2;-1;;;-1;4*+1. The Labute approximate surface area is 252 Å². The molecule has 0 fully saturated rings. The monoisotopic (exact) mass is 427 g/mol. The van der Waals surface area contributed by atoms with Crippen molar-refractivity contribution in [2.45, 2.75) is 0 Å². The van der Waals surface area contributed by atoms with Crippen molar-refractivity contribution in [2.75, 3.05) is 0 Å². The van der Waals surface area contributed by atoms with Crippen LogP contribution in [0.4, 0.5) is 0 Å². The molecule has 0 aliphatic carbocycles. The second kappa shape index (κ2) is 34.2. The molecule has 3 heterocycles. The fourth-order valence-corrected chi connectivity index (χ4v) is 0.658. The minimum absolute atomic E-state index is 0. The molecule has 0 amide bonds. The van der Waals surface area contributed by atoms with E-state index in [4.69, 9.17) is 34.2 Å². The maximum absolute atomic E-state index is 7.97. The van der Waals surface area contributed by atoms with E-state index in [2.05, 4.69) is 73.3 Å². The first-order valence-corrected chi connectivity index (χ1v) is 5.02. The summed E-state index contributed by atoms with van der Waals surface area (Å²) in [5.74, 6) is 0.495. The molecule has 21 heteroatoms. The molecule has 3 rings (SSSR count). The van der Waals surface area contributed by atoms with E-state index in [1.807, 2.05) is 0 Å². The molecule has 0 unspecified atom stereocenters. The van der Waals surface area contributed by atoms with E-state index in [0.717, 1.165) is 0 Å². The number of tetrazole rings is 3. The quantitative estimate of drug-likeness (QED) is 0.198. The molecule has 122 valence electrons. The summed E-state index contributed by atoms with van der Waals surface area (Å²) in [5.41, 5.74) is 0. The Hall–Kier alpha value is -1.34. The van der Waals surface area contributed by atoms with Crippen LogP contribution in [0.3, 0.4) is 0 Å². The van der Waals surface area contributed by atoms with Gasteiger partial charge in [-0.2, -0.15) is 20.9 Å². The molecule has 0 aromatic carbocycles. The first-order valence-electron chi connectivity index (χ1n) is 5.02. The zero-order valence-corrected chi connectivity index (χ0v) is 23.7. The third kappa shape index (κ3) is 22.8. The minimum atomic E-state index is 0. The number of rotatable bonds is 1. The van der Waals surface area contributed by atoms with Gasteiger partial charge in [0.1, 0.15) is 11.9 Å². The fraction of sp³-hybridized carbons (Fsp3) is 0. The second-order valence-electron chi connectivity index (χ2n) is 2.43. The molecule has 0 atom stereocenters. The van der Waals surface area contributed by atoms with Gasteiger partial charge in [-0.3, -0.25) is 30.9 Å². The Morgan fingerprint density at radius 2 is 1.10 bits per heavy atom. The van der Waals surface area contributed by atoms with Crippen molar-refractivity contribution in [3.63, 3.8) is 0 Å². The normalized spacial score (nSPS) is 5.83. The van der Waals surface area contributed by atoms with Gasteiger partial charge >= 0.3 is 124 Å². The number of aromatic nitrogens is 12. The Balaban J connectivity index is -0.0000000627. The van der Waals surface area contributed by atoms with Crippen LogP contribution in [0, 0.1) is 53.0 Å². The number of nitriles is 3. The van der Waals surface area contributed by atoms with Crippen LogP contribution >= 0.6 is 0 Å². The smallest absolute Gasteiger partial charge is 0.512 e. The Bertz CT molecular complexity index is 768. The van der Waals surface area contributed by atoms with Crippen molar-refractivity contribution in [3.05, 3.63) is 23.8 Å². The van der Waals surface area contributed by atoms with Gasteiger partial charge in [0.25, 0.3) is 0 Å². The van der Waals surface area contributed by atoms with Gasteiger partial charge in [0.05, 0.1) is 0 Å². The maximum atomic E-state index is 7.97. The van der Waals surface area contributed by atoms with Crippen LogP contribution in [-0.4, -0.2) is 46.6 Å². The largest absolute Gasteiger partial charge is 1.00 e. The Kier molecular flexibility index (Phi) is 49.4. The molecule has 17 nitrogen and oxygen atoms in total. The third-order valence-corrected chi connectivity index (χ3v) is 1.31. The predicted octanol–water partition coefficient (Wildman–Crippen LogP) is -15.0. The molecule has 0 N–H and O–H groups in total. The van der Waals surface area contributed by atoms with Crippen LogP contribution in [0.2, 0.25) is 0 Å². The van der Waals surface area contributed by atoms with Gasteiger partial charge in [-0.05, 0) is 0 Å². The van der Waals surface area contributed by atoms with Crippen molar-refractivity contribution >= 4 is 0 Å². The van der Waals surface area contributed by atoms with Gasteiger partial charge in [0.15, 0.2) is 0 Å². The third-order valence-electron chi connectivity index (χ3n) is 1.31. The van der Waals surface area contributed by atoms with E-state index in [9.17, 15) is 0 Å². The summed E-state index contributed by atoms with van der Waals surface area (Å²) in [5, 5.41) is 67.4. The summed E-state index contributed by atoms with van der Waals surface area (Å²) in [6.45, 7) is 14.0. The summed E-state index contributed by atoms with van der Waals surface area (Å²) in [7, 11) is 0. The van der Waals surface area contributed by atoms with Gasteiger partial charge in [-0.1, -0.05) is 6.57 Å². The molecule has 0 saturated heterocycles. The summed E-state index contributed by atoms with van der Waals surface area (Å²) in [4.78, 5) is 2.29. The van der Waals surface area contributed by atoms with E-state index in [1.54, 1.807) is 6.07 Å². The molecule has 0 aliphatic heterocycles. The van der Waals surface area contributed by atoms with Gasteiger partial charge < -0.3 is 32.0 Å². The predicted molar refractivity (Wildman–Crippen MR) is 67.0 cm³/mol. The zero-order valence-electron chi connectivity index (χ0n) is 15.7. The maximum Gasteiger partial charge on any atom is 1.00 e. The van der Waals surface area contributed by atoms with Crippen molar-refractivity contribution in [2.24, 2.45) is 0 Å². The van der Waals surface area contributed by atoms with Crippen LogP contribution in [0.5, 0.6) is 0 Å². The van der Waals surface area contributed by atoms with E-state index < -0.39 is 0 Å². The Morgan fingerprint density at radius 3 is 1.28 bits per heavy atom. The number of hydrogen-bond donors (Lipinski definition) is 0. The number of hydrogen-bond acceptors (Lipinski definition) is 13. The van der Waals surface area contributed by atoms with Crippen LogP contribution in [0.25, 0.3) is 16.5 Å². The topological polar surface area (TPSA) is 258 Å². The average Bonchev–Trinajstić information content (AvgIpc) is 3.48. The van der Waals surface area contributed by atoms with Crippen molar-refractivity contribution in [1.82, 2.24) is 61.9 Å². The van der Waals surface area contributed by atoms with E-state index in [-0.39, 0.29) is 136 Å². The first kappa shape index (κ1) is 41.9. The fourth-order valence-electron chi connectivity index (χ4n) is 0.658. The molecule has 0 saturated carbocycles. The van der Waals surface area contributed by atoms with E-state index in [0.29, 0.717) is 0 Å². The first-order chi connectivity index (χ1) is 12.3. The van der Waals surface area contributed by atoms with Gasteiger partial charge in [-0.25, -0.2) is 5.26 Å². The molecule has 3 aromatic heterocycles. The summed E-state index contributed by atoms with van der Waals surface area (Å²) in [6, 6.07) is 1.66. The summed E-state index contributed by atoms with van der Waals surface area (Å²) < 4.78 is 0. The van der Waals surface area contributed by atoms with Gasteiger partial charge in [0, 0.05) is 23.5 Å².